The molecule has 7 atom stereocenters. The summed E-state index contributed by atoms with van der Waals surface area (Å²) in [7, 11) is 0. The molecule has 2 N–H and O–H groups in total. The van der Waals surface area contributed by atoms with E-state index in [0.717, 1.165) is 0 Å². The van der Waals surface area contributed by atoms with Gasteiger partial charge < -0.3 is 29.7 Å². The molecule has 2 aromatic carbocycles. The topological polar surface area (TPSA) is 125 Å². The standard InChI is InChI=1S/C34H36ClN3O7/c1-2-22(20-39)38-30-32(42)37(24-14-7-6-13-23(24)35)18-10-17-34(30)29(31(38)41)28-25(45-34)15-8-9-16-27(40)36-19-26(44-33(28)43)21-11-4-3-5-12-21/h3-8,10-15,17,22,25-26,28-30,39H,2,9,16,18-20H2,1H3,(H,36,40)/b15-8-/t22-,25-,26+,28+,29+,30-,34+/m0/s1. The maximum absolute atomic E-state index is 14.6. The molecule has 236 valence electrons. The lowest BCUT2D eigenvalue weighted by Crippen LogP contribution is -2.58. The number of cyclic esters (lactones) is 1. The molecular formula is C34H36ClN3O7. The van der Waals surface area contributed by atoms with Gasteiger partial charge in [-0.2, -0.15) is 0 Å². The molecule has 0 radical (unpaired) electrons. The van der Waals surface area contributed by atoms with E-state index < -0.39 is 59.5 Å². The smallest absolute Gasteiger partial charge is 0.313 e. The van der Waals surface area contributed by atoms with Gasteiger partial charge in [0, 0.05) is 13.0 Å². The number of benzene rings is 2. The summed E-state index contributed by atoms with van der Waals surface area (Å²) in [5.41, 5.74) is -0.361. The van der Waals surface area contributed by atoms with Crippen molar-refractivity contribution in [2.45, 2.75) is 56.1 Å². The number of para-hydroxylation sites is 1. The minimum absolute atomic E-state index is 0.0582. The maximum Gasteiger partial charge on any atom is 0.313 e. The quantitative estimate of drug-likeness (QED) is 0.382. The predicted octanol–water partition coefficient (Wildman–Crippen LogP) is 3.35. The van der Waals surface area contributed by atoms with Gasteiger partial charge in [0.2, 0.25) is 11.8 Å². The summed E-state index contributed by atoms with van der Waals surface area (Å²) >= 11 is 6.53. The number of nitrogens with one attached hydrogen (secondary N) is 1. The predicted molar refractivity (Wildman–Crippen MR) is 166 cm³/mol. The SMILES string of the molecule is CC[C@@H](CO)N1C(=O)[C@H]2[C@@H]3C(=O)O[C@@H](c4ccccc4)CNC(=O)CC/C=C\[C@@H]3O[C@]23C=CCN(c2ccccc2Cl)C(=O)[C@H]13. The Bertz CT molecular complexity index is 1530. The van der Waals surface area contributed by atoms with Crippen LogP contribution in [0.3, 0.4) is 0 Å². The van der Waals surface area contributed by atoms with Gasteiger partial charge in [0.1, 0.15) is 23.7 Å². The first-order valence-electron chi connectivity index (χ1n) is 15.3. The van der Waals surface area contributed by atoms with Crippen molar-refractivity contribution >= 4 is 41.0 Å². The third-order valence-corrected chi connectivity index (χ3v) is 9.52. The molecule has 4 aliphatic rings. The van der Waals surface area contributed by atoms with Crippen LogP contribution in [0.2, 0.25) is 5.02 Å². The minimum Gasteiger partial charge on any atom is -0.455 e. The number of carbonyl (C=O) groups excluding carboxylic acids is 4. The van der Waals surface area contributed by atoms with Crippen LogP contribution in [0.25, 0.3) is 0 Å². The molecular weight excluding hydrogens is 598 g/mol. The number of hydrogen-bond donors (Lipinski definition) is 2. The first-order chi connectivity index (χ1) is 21.8. The van der Waals surface area contributed by atoms with Crippen molar-refractivity contribution in [3.05, 3.63) is 89.5 Å². The van der Waals surface area contributed by atoms with E-state index in [1.807, 2.05) is 37.3 Å². The van der Waals surface area contributed by atoms with E-state index in [0.29, 0.717) is 29.1 Å². The second-order valence-electron chi connectivity index (χ2n) is 11.7. The Morgan fingerprint density at radius 3 is 2.53 bits per heavy atom. The number of likely N-dealkylation sites (tertiary alicyclic amines) is 1. The molecule has 0 saturated carbocycles. The number of nitrogens with zero attached hydrogens (tertiary/aromatic N) is 2. The summed E-state index contributed by atoms with van der Waals surface area (Å²) < 4.78 is 12.8. The van der Waals surface area contributed by atoms with E-state index in [2.05, 4.69) is 5.32 Å². The van der Waals surface area contributed by atoms with Gasteiger partial charge in [-0.1, -0.05) is 85.3 Å². The normalized spacial score (nSPS) is 31.5. The third kappa shape index (κ3) is 5.45. The molecule has 0 aromatic heterocycles. The van der Waals surface area contributed by atoms with Gasteiger partial charge in [-0.05, 0) is 30.5 Å². The average molecular weight is 634 g/mol. The van der Waals surface area contributed by atoms with Crippen molar-refractivity contribution in [3.8, 4) is 0 Å². The fourth-order valence-electron chi connectivity index (χ4n) is 7.04. The third-order valence-electron chi connectivity index (χ3n) is 9.20. The van der Waals surface area contributed by atoms with Gasteiger partial charge in [0.15, 0.2) is 0 Å². The number of halogens is 1. The van der Waals surface area contributed by atoms with Gasteiger partial charge in [-0.3, -0.25) is 19.2 Å². The molecule has 2 saturated heterocycles. The number of amides is 3. The summed E-state index contributed by atoms with van der Waals surface area (Å²) in [5.74, 6) is -3.95. The van der Waals surface area contributed by atoms with Crippen LogP contribution >= 0.6 is 11.6 Å². The monoisotopic (exact) mass is 633 g/mol. The van der Waals surface area contributed by atoms with E-state index >= 15 is 0 Å². The van der Waals surface area contributed by atoms with E-state index in [-0.39, 0.29) is 32.0 Å². The molecule has 2 fully saturated rings. The molecule has 2 aromatic rings. The van der Waals surface area contributed by atoms with Gasteiger partial charge in [0.25, 0.3) is 5.91 Å². The molecule has 4 aliphatic heterocycles. The molecule has 11 heteroatoms. The highest BCUT2D eigenvalue weighted by atomic mass is 35.5. The van der Waals surface area contributed by atoms with Crippen molar-refractivity contribution < 1.29 is 33.8 Å². The number of aliphatic hydroxyl groups excluding tert-OH is 1. The molecule has 6 rings (SSSR count). The van der Waals surface area contributed by atoms with E-state index in [9.17, 15) is 24.3 Å². The number of hydrogen-bond acceptors (Lipinski definition) is 7. The molecule has 45 heavy (non-hydrogen) atoms. The summed E-state index contributed by atoms with van der Waals surface area (Å²) in [6.45, 7) is 1.67. The Morgan fingerprint density at radius 1 is 1.04 bits per heavy atom. The number of allylic oxidation sites excluding steroid dienone is 1. The van der Waals surface area contributed by atoms with Crippen LogP contribution in [0, 0.1) is 11.8 Å². The Labute approximate surface area is 266 Å². The van der Waals surface area contributed by atoms with E-state index in [1.165, 1.54) is 9.80 Å². The number of fused-ring (bicyclic) bond motifs is 2. The van der Waals surface area contributed by atoms with Crippen LogP contribution in [0.5, 0.6) is 0 Å². The van der Waals surface area contributed by atoms with Gasteiger partial charge in [0.05, 0.1) is 41.9 Å². The lowest BCUT2D eigenvalue weighted by molar-refractivity contribution is -0.160. The molecule has 0 bridgehead atoms. The Morgan fingerprint density at radius 2 is 1.80 bits per heavy atom. The Balaban J connectivity index is 1.46. The molecule has 0 aliphatic carbocycles. The minimum atomic E-state index is -1.53. The summed E-state index contributed by atoms with van der Waals surface area (Å²) in [4.78, 5) is 58.8. The number of ether oxygens (including phenoxy) is 2. The molecule has 0 unspecified atom stereocenters. The summed E-state index contributed by atoms with van der Waals surface area (Å²) in [6, 6.07) is 14.2. The second kappa shape index (κ2) is 12.8. The summed E-state index contributed by atoms with van der Waals surface area (Å²) in [6.07, 6.45) is 6.21. The average Bonchev–Trinajstić information content (AvgIpc) is 3.43. The summed E-state index contributed by atoms with van der Waals surface area (Å²) in [5, 5.41) is 13.6. The lowest BCUT2D eigenvalue weighted by atomic mass is 9.77. The highest BCUT2D eigenvalue weighted by Gasteiger charge is 2.72. The van der Waals surface area contributed by atoms with Crippen LogP contribution in [-0.4, -0.2) is 77.2 Å². The fourth-order valence-corrected chi connectivity index (χ4v) is 7.28. The van der Waals surface area contributed by atoms with Gasteiger partial charge >= 0.3 is 5.97 Å². The van der Waals surface area contributed by atoms with Crippen LogP contribution in [0.4, 0.5) is 5.69 Å². The van der Waals surface area contributed by atoms with Crippen LogP contribution in [-0.2, 0) is 28.7 Å². The highest BCUT2D eigenvalue weighted by molar-refractivity contribution is 6.34. The largest absolute Gasteiger partial charge is 0.455 e. The lowest BCUT2D eigenvalue weighted by Gasteiger charge is -2.38. The number of esters is 1. The first kappa shape index (κ1) is 31.0. The van der Waals surface area contributed by atoms with E-state index in [4.69, 9.17) is 21.1 Å². The highest BCUT2D eigenvalue weighted by Crippen LogP contribution is 2.54. The second-order valence-corrected chi connectivity index (χ2v) is 12.1. The molecule has 1 spiro atoms. The Hall–Kier alpha value is -3.99. The van der Waals surface area contributed by atoms with Crippen molar-refractivity contribution in [2.24, 2.45) is 11.8 Å². The van der Waals surface area contributed by atoms with Crippen LogP contribution in [0.15, 0.2) is 78.9 Å². The van der Waals surface area contributed by atoms with Crippen molar-refractivity contribution in [2.75, 3.05) is 24.6 Å². The number of aliphatic hydroxyl groups is 1. The molecule has 10 nitrogen and oxygen atoms in total. The maximum atomic E-state index is 14.6. The zero-order valence-corrected chi connectivity index (χ0v) is 25.6. The van der Waals surface area contributed by atoms with E-state index in [1.54, 1.807) is 48.6 Å². The Kier molecular flexibility index (Phi) is 8.81. The number of carbonyl (C=O) groups is 4. The zero-order chi connectivity index (χ0) is 31.7. The number of rotatable bonds is 5. The van der Waals surface area contributed by atoms with Crippen molar-refractivity contribution in [3.63, 3.8) is 0 Å². The van der Waals surface area contributed by atoms with Crippen LogP contribution in [0.1, 0.15) is 37.9 Å². The van der Waals surface area contributed by atoms with Crippen LogP contribution < -0.4 is 10.2 Å². The fraction of sp³-hybridized carbons (Fsp3) is 0.412. The number of anilines is 1. The van der Waals surface area contributed by atoms with Crippen molar-refractivity contribution in [1.82, 2.24) is 10.2 Å². The molecule has 4 heterocycles. The molecule has 3 amide bonds. The van der Waals surface area contributed by atoms with Crippen molar-refractivity contribution in [1.29, 1.82) is 0 Å². The zero-order valence-electron chi connectivity index (χ0n) is 24.9. The first-order valence-corrected chi connectivity index (χ1v) is 15.7. The van der Waals surface area contributed by atoms with Gasteiger partial charge in [-0.15, -0.1) is 0 Å². The van der Waals surface area contributed by atoms with Gasteiger partial charge in [-0.25, -0.2) is 0 Å².